The van der Waals surface area contributed by atoms with Gasteiger partial charge in [0.2, 0.25) is 0 Å². The first-order valence-corrected chi connectivity index (χ1v) is 7.67. The van der Waals surface area contributed by atoms with Crippen LogP contribution < -0.4 is 0 Å². The number of nitrogens with zero attached hydrogens (tertiary/aromatic N) is 2. The van der Waals surface area contributed by atoms with E-state index in [4.69, 9.17) is 11.6 Å². The molecule has 2 aromatic heterocycles. The first kappa shape index (κ1) is 14.6. The normalized spacial score (nSPS) is 13.2. The molecule has 0 amide bonds. The minimum absolute atomic E-state index is 0.134. The number of fused-ring (bicyclic) bond motifs is 1. The zero-order valence-corrected chi connectivity index (χ0v) is 12.4. The molecule has 0 fully saturated rings. The van der Waals surface area contributed by atoms with Crippen molar-refractivity contribution in [2.24, 2.45) is 0 Å². The van der Waals surface area contributed by atoms with E-state index >= 15 is 0 Å². The van der Waals surface area contributed by atoms with E-state index in [0.29, 0.717) is 11.0 Å². The van der Waals surface area contributed by atoms with E-state index in [0.717, 1.165) is 3.97 Å². The Labute approximate surface area is 122 Å². The molecular weight excluding hydrogens is 296 g/mol. The van der Waals surface area contributed by atoms with Gasteiger partial charge in [-0.15, -0.1) is 0 Å². The second-order valence-electron chi connectivity index (χ2n) is 3.97. The van der Waals surface area contributed by atoms with E-state index in [1.807, 2.05) is 0 Å². The maximum Gasteiger partial charge on any atom is 0.269 e. The molecule has 0 bridgehead atoms. The molecule has 0 aliphatic carbocycles. The van der Waals surface area contributed by atoms with Crippen LogP contribution in [-0.4, -0.2) is 17.4 Å². The predicted octanol–water partition coefficient (Wildman–Crippen LogP) is 3.51. The molecule has 104 valence electrons. The quantitative estimate of drug-likeness (QED) is 0.641. The van der Waals surface area contributed by atoms with Crippen LogP contribution in [0.5, 0.6) is 0 Å². The van der Waals surface area contributed by atoms with Crippen LogP contribution in [-0.2, 0) is 10.0 Å². The van der Waals surface area contributed by atoms with Crippen molar-refractivity contribution in [2.75, 3.05) is 0 Å². The van der Waals surface area contributed by atoms with Crippen LogP contribution in [0.3, 0.4) is 0 Å². The molecule has 2 rings (SSSR count). The first-order chi connectivity index (χ1) is 9.50. The SMILES string of the molecule is C=C/C=C(\C=C/C)S(=O)(=O)n1ccc2ccc(Cl)nc21. The van der Waals surface area contributed by atoms with Gasteiger partial charge in [-0.25, -0.2) is 17.4 Å². The number of hydrogen-bond acceptors (Lipinski definition) is 3. The lowest BCUT2D eigenvalue weighted by Crippen LogP contribution is -2.13. The van der Waals surface area contributed by atoms with E-state index in [-0.39, 0.29) is 10.1 Å². The summed E-state index contributed by atoms with van der Waals surface area (Å²) in [6.07, 6.45) is 7.49. The van der Waals surface area contributed by atoms with Crippen molar-refractivity contribution < 1.29 is 8.42 Å². The summed E-state index contributed by atoms with van der Waals surface area (Å²) < 4.78 is 26.3. The highest BCUT2D eigenvalue weighted by atomic mass is 35.5. The number of rotatable bonds is 4. The standard InChI is InChI=1S/C14H13ClN2O2S/c1-3-5-12(6-4-2)20(18,19)17-10-9-11-7-8-13(15)16-14(11)17/h3-10H,1H2,2H3/b6-4-,12-5+. The van der Waals surface area contributed by atoms with Gasteiger partial charge in [0.1, 0.15) is 5.15 Å². The second kappa shape index (κ2) is 5.64. The topological polar surface area (TPSA) is 52.0 Å². The molecule has 2 heterocycles. The fraction of sp³-hybridized carbons (Fsp3) is 0.0714. The van der Waals surface area contributed by atoms with Crippen molar-refractivity contribution in [1.82, 2.24) is 8.96 Å². The molecule has 0 spiro atoms. The van der Waals surface area contributed by atoms with Gasteiger partial charge in [-0.2, -0.15) is 0 Å². The van der Waals surface area contributed by atoms with Crippen molar-refractivity contribution in [3.8, 4) is 0 Å². The van der Waals surface area contributed by atoms with Gasteiger partial charge in [0.05, 0.1) is 4.91 Å². The third-order valence-electron chi connectivity index (χ3n) is 2.64. The van der Waals surface area contributed by atoms with Gasteiger partial charge in [-0.05, 0) is 37.3 Å². The Morgan fingerprint density at radius 3 is 2.80 bits per heavy atom. The Morgan fingerprint density at radius 1 is 1.40 bits per heavy atom. The lowest BCUT2D eigenvalue weighted by Gasteiger charge is -2.07. The highest BCUT2D eigenvalue weighted by Gasteiger charge is 2.20. The van der Waals surface area contributed by atoms with Gasteiger partial charge in [-0.3, -0.25) is 0 Å². The Bertz CT molecular complexity index is 817. The Balaban J connectivity index is 2.71. The van der Waals surface area contributed by atoms with Crippen LogP contribution >= 0.6 is 11.6 Å². The minimum atomic E-state index is -3.73. The van der Waals surface area contributed by atoms with Crippen molar-refractivity contribution in [3.63, 3.8) is 0 Å². The molecule has 6 heteroatoms. The summed E-state index contributed by atoms with van der Waals surface area (Å²) in [6, 6.07) is 5.02. The maximum absolute atomic E-state index is 12.6. The predicted molar refractivity (Wildman–Crippen MR) is 82.2 cm³/mol. The molecule has 4 nitrogen and oxygen atoms in total. The molecule has 2 aromatic rings. The zero-order chi connectivity index (χ0) is 14.8. The highest BCUT2D eigenvalue weighted by molar-refractivity contribution is 7.94. The minimum Gasteiger partial charge on any atom is -0.224 e. The van der Waals surface area contributed by atoms with Crippen LogP contribution in [0, 0.1) is 0 Å². The van der Waals surface area contributed by atoms with E-state index in [9.17, 15) is 8.42 Å². The number of halogens is 1. The zero-order valence-electron chi connectivity index (χ0n) is 10.8. The van der Waals surface area contributed by atoms with Crippen molar-refractivity contribution in [2.45, 2.75) is 6.92 Å². The van der Waals surface area contributed by atoms with Gasteiger partial charge in [0.15, 0.2) is 5.65 Å². The fourth-order valence-corrected chi connectivity index (χ4v) is 3.32. The van der Waals surface area contributed by atoms with Crippen LogP contribution in [0.1, 0.15) is 6.92 Å². The second-order valence-corrected chi connectivity index (χ2v) is 6.17. The molecule has 0 saturated heterocycles. The van der Waals surface area contributed by atoms with Crippen LogP contribution in [0.4, 0.5) is 0 Å². The van der Waals surface area contributed by atoms with Crippen molar-refractivity contribution in [1.29, 1.82) is 0 Å². The van der Waals surface area contributed by atoms with Crippen molar-refractivity contribution >= 4 is 32.7 Å². The van der Waals surface area contributed by atoms with Crippen LogP contribution in [0.25, 0.3) is 11.0 Å². The molecule has 0 aliphatic heterocycles. The molecule has 0 aliphatic rings. The monoisotopic (exact) mass is 308 g/mol. The van der Waals surface area contributed by atoms with Gasteiger partial charge in [-0.1, -0.05) is 30.3 Å². The fourth-order valence-electron chi connectivity index (χ4n) is 1.78. The van der Waals surface area contributed by atoms with Gasteiger partial charge in [0, 0.05) is 11.6 Å². The summed E-state index contributed by atoms with van der Waals surface area (Å²) in [5, 5.41) is 0.948. The molecule has 0 N–H and O–H groups in total. The molecule has 0 saturated carbocycles. The average Bonchev–Trinajstić information content (AvgIpc) is 2.82. The Morgan fingerprint density at radius 2 is 2.15 bits per heavy atom. The van der Waals surface area contributed by atoms with Crippen LogP contribution in [0.15, 0.2) is 60.2 Å². The van der Waals surface area contributed by atoms with E-state index in [1.165, 1.54) is 24.4 Å². The lowest BCUT2D eigenvalue weighted by atomic mass is 10.3. The Hall–Kier alpha value is -1.85. The summed E-state index contributed by atoms with van der Waals surface area (Å²) in [5.41, 5.74) is 0.303. The summed E-state index contributed by atoms with van der Waals surface area (Å²) in [6.45, 7) is 5.28. The first-order valence-electron chi connectivity index (χ1n) is 5.85. The van der Waals surface area contributed by atoms with E-state index in [1.54, 1.807) is 31.2 Å². The summed E-state index contributed by atoms with van der Waals surface area (Å²) in [7, 11) is -3.73. The third-order valence-corrected chi connectivity index (χ3v) is 4.53. The molecule has 0 atom stereocenters. The molecule has 0 radical (unpaired) electrons. The smallest absolute Gasteiger partial charge is 0.224 e. The average molecular weight is 309 g/mol. The lowest BCUT2D eigenvalue weighted by molar-refractivity contribution is 0.596. The summed E-state index contributed by atoms with van der Waals surface area (Å²) in [4.78, 5) is 4.21. The van der Waals surface area contributed by atoms with Gasteiger partial charge < -0.3 is 0 Å². The summed E-state index contributed by atoms with van der Waals surface area (Å²) in [5.74, 6) is 0. The number of allylic oxidation sites excluding steroid dienone is 4. The van der Waals surface area contributed by atoms with Gasteiger partial charge in [0.25, 0.3) is 10.0 Å². The maximum atomic E-state index is 12.6. The molecule has 0 unspecified atom stereocenters. The van der Waals surface area contributed by atoms with Crippen molar-refractivity contribution in [3.05, 3.63) is 65.3 Å². The largest absolute Gasteiger partial charge is 0.269 e. The molecule has 20 heavy (non-hydrogen) atoms. The highest BCUT2D eigenvalue weighted by Crippen LogP contribution is 2.22. The van der Waals surface area contributed by atoms with Gasteiger partial charge >= 0.3 is 0 Å². The summed E-state index contributed by atoms with van der Waals surface area (Å²) >= 11 is 5.84. The molecule has 0 aromatic carbocycles. The molecular formula is C14H13ClN2O2S. The number of hydrogen-bond donors (Lipinski definition) is 0. The van der Waals surface area contributed by atoms with Crippen LogP contribution in [0.2, 0.25) is 5.15 Å². The Kier molecular flexibility index (Phi) is 4.11. The van der Waals surface area contributed by atoms with E-state index in [2.05, 4.69) is 11.6 Å². The third kappa shape index (κ3) is 2.55. The number of aromatic nitrogens is 2. The number of pyridine rings is 1. The van der Waals surface area contributed by atoms with E-state index < -0.39 is 10.0 Å².